The molecule has 0 aliphatic heterocycles. The number of aliphatic hydroxyl groups excluding tert-OH is 1. The first kappa shape index (κ1) is 15.3. The fraction of sp³-hybridized carbons (Fsp3) is 0.636. The number of carbonyl (C=O) groups excluding carboxylic acids is 1. The highest BCUT2D eigenvalue weighted by Crippen LogP contribution is 2.20. The number of hydrogen-bond acceptors (Lipinski definition) is 5. The molecule has 2 amide bonds. The van der Waals surface area contributed by atoms with E-state index in [1.54, 1.807) is 11.8 Å². The number of hydrogen-bond donors (Lipinski definition) is 3. The smallest absolute Gasteiger partial charge is 0.321 e. The summed E-state index contributed by atoms with van der Waals surface area (Å²) in [5, 5.41) is 14.7. The second kappa shape index (κ2) is 8.34. The van der Waals surface area contributed by atoms with Gasteiger partial charge >= 0.3 is 6.03 Å². The molecule has 5 nitrogen and oxygen atoms in total. The second-order valence-corrected chi connectivity index (χ2v) is 6.16. The highest BCUT2D eigenvalue weighted by molar-refractivity contribution is 7.99. The van der Waals surface area contributed by atoms with Crippen molar-refractivity contribution >= 4 is 34.3 Å². The largest absolute Gasteiger partial charge is 0.396 e. The van der Waals surface area contributed by atoms with Gasteiger partial charge in [0.1, 0.15) is 0 Å². The lowest BCUT2D eigenvalue weighted by atomic mass is 10.4. The molecule has 7 heteroatoms. The number of aliphatic hydroxyl groups is 1. The Kier molecular flexibility index (Phi) is 7.07. The number of anilines is 1. The molecular weight excluding hydrogens is 270 g/mol. The van der Waals surface area contributed by atoms with Crippen molar-refractivity contribution in [2.45, 2.75) is 20.3 Å². The van der Waals surface area contributed by atoms with Gasteiger partial charge < -0.3 is 10.4 Å². The quantitative estimate of drug-likeness (QED) is 0.671. The Balaban J connectivity index is 2.14. The van der Waals surface area contributed by atoms with E-state index < -0.39 is 0 Å². The zero-order valence-electron chi connectivity index (χ0n) is 10.7. The van der Waals surface area contributed by atoms with E-state index in [1.807, 2.05) is 13.8 Å². The van der Waals surface area contributed by atoms with Crippen molar-refractivity contribution in [3.05, 3.63) is 10.6 Å². The molecule has 0 fully saturated rings. The molecule has 1 aromatic heterocycles. The number of rotatable bonds is 7. The SMILES string of the molecule is Cc1nc(NC(=O)NCCSCCCO)sc1C. The maximum atomic E-state index is 11.5. The van der Waals surface area contributed by atoms with Gasteiger partial charge in [0.15, 0.2) is 5.13 Å². The highest BCUT2D eigenvalue weighted by atomic mass is 32.2. The van der Waals surface area contributed by atoms with Gasteiger partial charge in [-0.25, -0.2) is 9.78 Å². The number of amides is 2. The Morgan fingerprint density at radius 1 is 1.44 bits per heavy atom. The van der Waals surface area contributed by atoms with Gasteiger partial charge in [0.05, 0.1) is 5.69 Å². The fourth-order valence-corrected chi connectivity index (χ4v) is 2.77. The van der Waals surface area contributed by atoms with Gasteiger partial charge in [0.2, 0.25) is 0 Å². The maximum absolute atomic E-state index is 11.5. The van der Waals surface area contributed by atoms with E-state index in [2.05, 4.69) is 15.6 Å². The van der Waals surface area contributed by atoms with Gasteiger partial charge in [-0.1, -0.05) is 0 Å². The summed E-state index contributed by atoms with van der Waals surface area (Å²) < 4.78 is 0. The molecule has 102 valence electrons. The number of urea groups is 1. The van der Waals surface area contributed by atoms with Crippen molar-refractivity contribution in [1.29, 1.82) is 0 Å². The van der Waals surface area contributed by atoms with E-state index in [1.165, 1.54) is 11.3 Å². The molecule has 0 radical (unpaired) electrons. The van der Waals surface area contributed by atoms with Crippen molar-refractivity contribution < 1.29 is 9.90 Å². The monoisotopic (exact) mass is 289 g/mol. The summed E-state index contributed by atoms with van der Waals surface area (Å²) in [5.41, 5.74) is 0.954. The summed E-state index contributed by atoms with van der Waals surface area (Å²) in [5.74, 6) is 1.77. The van der Waals surface area contributed by atoms with Gasteiger partial charge in [0, 0.05) is 23.8 Å². The van der Waals surface area contributed by atoms with Crippen LogP contribution in [-0.2, 0) is 0 Å². The van der Waals surface area contributed by atoms with E-state index >= 15 is 0 Å². The zero-order chi connectivity index (χ0) is 13.4. The molecule has 3 N–H and O–H groups in total. The van der Waals surface area contributed by atoms with Crippen LogP contribution in [0.3, 0.4) is 0 Å². The summed E-state index contributed by atoms with van der Waals surface area (Å²) in [7, 11) is 0. The van der Waals surface area contributed by atoms with Crippen molar-refractivity contribution in [1.82, 2.24) is 10.3 Å². The molecule has 0 aliphatic carbocycles. The molecule has 18 heavy (non-hydrogen) atoms. The van der Waals surface area contributed by atoms with Gasteiger partial charge in [-0.15, -0.1) is 11.3 Å². The normalized spacial score (nSPS) is 10.4. The number of carbonyl (C=O) groups is 1. The first-order valence-electron chi connectivity index (χ1n) is 5.81. The van der Waals surface area contributed by atoms with Gasteiger partial charge in [0.25, 0.3) is 0 Å². The third-order valence-corrected chi connectivity index (χ3v) is 4.29. The third-order valence-electron chi connectivity index (χ3n) is 2.23. The van der Waals surface area contributed by atoms with Gasteiger partial charge in [-0.2, -0.15) is 11.8 Å². The lowest BCUT2D eigenvalue weighted by molar-refractivity contribution is 0.252. The average molecular weight is 289 g/mol. The zero-order valence-corrected chi connectivity index (χ0v) is 12.3. The molecule has 0 aliphatic rings. The Labute approximate surface area is 115 Å². The topological polar surface area (TPSA) is 74.2 Å². The summed E-state index contributed by atoms with van der Waals surface area (Å²) in [6, 6.07) is -0.216. The second-order valence-electron chi connectivity index (χ2n) is 3.73. The third kappa shape index (κ3) is 5.70. The summed E-state index contributed by atoms with van der Waals surface area (Å²) in [6.45, 7) is 4.75. The average Bonchev–Trinajstić information content (AvgIpc) is 2.62. The summed E-state index contributed by atoms with van der Waals surface area (Å²) in [6.07, 6.45) is 0.800. The fourth-order valence-electron chi connectivity index (χ4n) is 1.17. The van der Waals surface area contributed by atoms with Crippen LogP contribution in [0, 0.1) is 13.8 Å². The Hall–Kier alpha value is -0.790. The molecule has 0 bridgehead atoms. The van der Waals surface area contributed by atoms with E-state index in [4.69, 9.17) is 5.11 Å². The molecule has 0 unspecified atom stereocenters. The first-order chi connectivity index (χ1) is 8.63. The van der Waals surface area contributed by atoms with Crippen LogP contribution >= 0.6 is 23.1 Å². The summed E-state index contributed by atoms with van der Waals surface area (Å²) >= 11 is 3.19. The predicted molar refractivity (Wildman–Crippen MR) is 77.6 cm³/mol. The van der Waals surface area contributed by atoms with E-state index in [0.717, 1.165) is 28.5 Å². The number of aryl methyl sites for hydroxylation is 2. The van der Waals surface area contributed by atoms with Crippen molar-refractivity contribution in [2.75, 3.05) is 30.0 Å². The molecule has 0 aromatic carbocycles. The number of aromatic nitrogens is 1. The van der Waals surface area contributed by atoms with Crippen LogP contribution in [0.15, 0.2) is 0 Å². The number of thiazole rings is 1. The van der Waals surface area contributed by atoms with Crippen LogP contribution in [0.2, 0.25) is 0 Å². The lowest BCUT2D eigenvalue weighted by Gasteiger charge is -2.04. The highest BCUT2D eigenvalue weighted by Gasteiger charge is 2.06. The van der Waals surface area contributed by atoms with Crippen molar-refractivity contribution in [3.63, 3.8) is 0 Å². The van der Waals surface area contributed by atoms with Crippen LogP contribution in [0.5, 0.6) is 0 Å². The molecule has 0 atom stereocenters. The Bertz CT molecular complexity index is 363. The van der Waals surface area contributed by atoms with E-state index in [-0.39, 0.29) is 12.6 Å². The van der Waals surface area contributed by atoms with Crippen LogP contribution in [0.1, 0.15) is 17.0 Å². The lowest BCUT2D eigenvalue weighted by Crippen LogP contribution is -2.30. The van der Waals surface area contributed by atoms with Crippen LogP contribution in [0.25, 0.3) is 0 Å². The molecule has 1 rings (SSSR count). The minimum atomic E-state index is -0.216. The molecule has 1 heterocycles. The van der Waals surface area contributed by atoms with Gasteiger partial charge in [-0.05, 0) is 26.0 Å². The number of thioether (sulfide) groups is 1. The molecule has 1 aromatic rings. The minimum Gasteiger partial charge on any atom is -0.396 e. The predicted octanol–water partition coefficient (Wildman–Crippen LogP) is 2.00. The van der Waals surface area contributed by atoms with E-state index in [9.17, 15) is 4.79 Å². The molecule has 0 spiro atoms. The van der Waals surface area contributed by atoms with Crippen LogP contribution in [0.4, 0.5) is 9.93 Å². The van der Waals surface area contributed by atoms with Crippen molar-refractivity contribution in [2.24, 2.45) is 0 Å². The first-order valence-corrected chi connectivity index (χ1v) is 7.78. The Morgan fingerprint density at radius 3 is 2.83 bits per heavy atom. The Morgan fingerprint density at radius 2 is 2.22 bits per heavy atom. The minimum absolute atomic E-state index is 0.216. The van der Waals surface area contributed by atoms with Crippen molar-refractivity contribution in [3.8, 4) is 0 Å². The number of nitrogens with zero attached hydrogens (tertiary/aromatic N) is 1. The summed E-state index contributed by atoms with van der Waals surface area (Å²) in [4.78, 5) is 16.9. The van der Waals surface area contributed by atoms with Crippen LogP contribution in [-0.4, -0.2) is 40.8 Å². The molecular formula is C11H19N3O2S2. The number of nitrogens with one attached hydrogen (secondary N) is 2. The van der Waals surface area contributed by atoms with Gasteiger partial charge in [-0.3, -0.25) is 5.32 Å². The van der Waals surface area contributed by atoms with E-state index in [0.29, 0.717) is 11.7 Å². The molecule has 0 saturated carbocycles. The van der Waals surface area contributed by atoms with Crippen LogP contribution < -0.4 is 10.6 Å². The standard InChI is InChI=1S/C11H19N3O2S2/c1-8-9(2)18-11(13-8)14-10(16)12-4-7-17-6-3-5-15/h15H,3-7H2,1-2H3,(H2,12,13,14,16). The molecule has 0 saturated heterocycles. The maximum Gasteiger partial charge on any atom is 0.321 e.